The van der Waals surface area contributed by atoms with E-state index in [4.69, 9.17) is 11.5 Å². The molecule has 1 fully saturated rings. The van der Waals surface area contributed by atoms with E-state index in [0.29, 0.717) is 31.4 Å². The number of nitrogens with zero attached hydrogens (tertiary/aromatic N) is 1. The van der Waals surface area contributed by atoms with Crippen LogP contribution in [0.4, 0.5) is 0 Å². The molecule has 0 spiro atoms. The molecule has 15 N–H and O–H groups in total. The molecule has 67 heavy (non-hydrogen) atoms. The number of aliphatic hydroxyl groups is 2. The fourth-order valence-corrected chi connectivity index (χ4v) is 7.02. The number of carbonyl (C=O) groups is 10. The van der Waals surface area contributed by atoms with Crippen LogP contribution in [0.1, 0.15) is 78.7 Å². The molecular formula is C43H68N10O14. The Morgan fingerprint density at radius 1 is 0.657 bits per heavy atom. The Labute approximate surface area is 388 Å². The second-order valence-electron chi connectivity index (χ2n) is 17.0. The van der Waals surface area contributed by atoms with Gasteiger partial charge in [0, 0.05) is 13.0 Å². The highest BCUT2D eigenvalue weighted by Crippen LogP contribution is 2.20. The van der Waals surface area contributed by atoms with Crippen LogP contribution in [0.5, 0.6) is 0 Å². The van der Waals surface area contributed by atoms with Crippen molar-refractivity contribution in [2.75, 3.05) is 26.3 Å². The van der Waals surface area contributed by atoms with Gasteiger partial charge in [-0.05, 0) is 63.0 Å². The van der Waals surface area contributed by atoms with Crippen molar-refractivity contribution in [1.29, 1.82) is 0 Å². The molecule has 8 amide bonds. The number of hydrogen-bond donors (Lipinski definition) is 13. The quantitative estimate of drug-likeness (QED) is 0.0216. The number of carboxylic acids is 2. The summed E-state index contributed by atoms with van der Waals surface area (Å²) in [5, 5.41) is 55.4. The monoisotopic (exact) mass is 957 g/mol. The van der Waals surface area contributed by atoms with Crippen LogP contribution in [0.15, 0.2) is 30.3 Å². The predicted octanol–water partition coefficient (Wildman–Crippen LogP) is -4.05. The van der Waals surface area contributed by atoms with E-state index in [2.05, 4.69) is 37.2 Å². The van der Waals surface area contributed by atoms with E-state index in [1.165, 1.54) is 6.92 Å². The maximum absolute atomic E-state index is 14.0. The third kappa shape index (κ3) is 18.2. The molecule has 0 saturated carbocycles. The van der Waals surface area contributed by atoms with Crippen LogP contribution in [-0.2, 0) is 54.4 Å². The predicted molar refractivity (Wildman–Crippen MR) is 239 cm³/mol. The van der Waals surface area contributed by atoms with Crippen LogP contribution in [0.25, 0.3) is 0 Å². The topological polar surface area (TPSA) is 391 Å². The summed E-state index contributed by atoms with van der Waals surface area (Å²) in [6.45, 7) is 6.35. The van der Waals surface area contributed by atoms with Crippen molar-refractivity contribution in [1.82, 2.24) is 42.1 Å². The molecule has 0 aliphatic carbocycles. The van der Waals surface area contributed by atoms with Crippen molar-refractivity contribution < 1.29 is 68.4 Å². The third-order valence-electron chi connectivity index (χ3n) is 10.9. The molecule has 9 atom stereocenters. The van der Waals surface area contributed by atoms with Crippen molar-refractivity contribution in [3.63, 3.8) is 0 Å². The second kappa shape index (κ2) is 28.1. The van der Waals surface area contributed by atoms with E-state index in [-0.39, 0.29) is 25.8 Å². The minimum absolute atomic E-state index is 0.0138. The number of carbonyl (C=O) groups excluding carboxylic acids is 8. The zero-order valence-corrected chi connectivity index (χ0v) is 38.5. The first kappa shape index (κ1) is 56.9. The van der Waals surface area contributed by atoms with Crippen LogP contribution in [0, 0.1) is 11.8 Å². The van der Waals surface area contributed by atoms with E-state index >= 15 is 0 Å². The zero-order valence-electron chi connectivity index (χ0n) is 38.5. The highest BCUT2D eigenvalue weighted by atomic mass is 16.5. The van der Waals surface area contributed by atoms with E-state index < -0.39 is 145 Å². The molecule has 1 aromatic rings. The number of nitrogens with two attached hydrogens (primary N) is 2. The molecule has 1 saturated heterocycles. The summed E-state index contributed by atoms with van der Waals surface area (Å²) < 4.78 is 0. The Kier molecular flexibility index (Phi) is 23.8. The van der Waals surface area contributed by atoms with E-state index in [0.717, 1.165) is 4.90 Å². The largest absolute Gasteiger partial charge is 0.481 e. The summed E-state index contributed by atoms with van der Waals surface area (Å²) in [6, 6.07) is -3.94. The van der Waals surface area contributed by atoms with Gasteiger partial charge in [0.25, 0.3) is 0 Å². The molecule has 0 bridgehead atoms. The van der Waals surface area contributed by atoms with Gasteiger partial charge in [-0.2, -0.15) is 0 Å². The molecule has 0 aromatic heterocycles. The van der Waals surface area contributed by atoms with Crippen LogP contribution >= 0.6 is 0 Å². The first-order valence-electron chi connectivity index (χ1n) is 22.2. The minimum atomic E-state index is -1.70. The van der Waals surface area contributed by atoms with Gasteiger partial charge in [-0.25, -0.2) is 4.79 Å². The molecule has 2 rings (SSSR count). The first-order valence-corrected chi connectivity index (χ1v) is 22.2. The van der Waals surface area contributed by atoms with Gasteiger partial charge in [0.1, 0.15) is 54.4 Å². The average molecular weight is 957 g/mol. The van der Waals surface area contributed by atoms with Crippen molar-refractivity contribution in [3.8, 4) is 0 Å². The third-order valence-corrected chi connectivity index (χ3v) is 10.9. The van der Waals surface area contributed by atoms with Gasteiger partial charge < -0.3 is 74.0 Å². The Morgan fingerprint density at radius 3 is 1.73 bits per heavy atom. The maximum Gasteiger partial charge on any atom is 0.326 e. The van der Waals surface area contributed by atoms with E-state index in [1.54, 1.807) is 58.0 Å². The van der Waals surface area contributed by atoms with Gasteiger partial charge in [0.05, 0.1) is 19.6 Å². The highest BCUT2D eigenvalue weighted by Gasteiger charge is 2.40. The number of amides is 8. The Hall–Kier alpha value is -6.24. The highest BCUT2D eigenvalue weighted by molar-refractivity contribution is 5.99. The average Bonchev–Trinajstić information content (AvgIpc) is 3.77. The molecule has 0 unspecified atom stereocenters. The number of carboxylic acid groups (broad SMARTS) is 2. The summed E-state index contributed by atoms with van der Waals surface area (Å²) in [6.07, 6.45) is 0.525. The molecular weight excluding hydrogens is 888 g/mol. The number of benzene rings is 1. The number of rotatable bonds is 28. The summed E-state index contributed by atoms with van der Waals surface area (Å²) in [5.74, 6) is -11.1. The normalized spacial score (nSPS) is 17.1. The lowest BCUT2D eigenvalue weighted by Gasteiger charge is -2.30. The fourth-order valence-electron chi connectivity index (χ4n) is 7.02. The standard InChI is InChI=1S/C43H68N10O14/c1-22(2)33(51-37(60)28(18-25-12-7-6-8-13-25)48-41(64)34(23(3)4)52-38(61)30(21-55)50-36(59)26(45)20-54)40(63)46-24(5)35(58)49-29(19-32(56)57)42(65)53-17-11-15-31(53)39(62)47-27(43(66)67)14-9-10-16-44/h6-8,12-13,22-24,26-31,33-34,54-55H,9-11,14-21,44-45H2,1-5H3,(H,46,63)(H,47,62)(H,48,64)(H,49,58)(H,50,59)(H,51,60)(H,52,61)(H,56,57)(H,66,67)/t24-,26-,27-,28-,29-,30-,31-,33-,34-/m0/s1/i9+1,10+1,14+1,16+1,27+1,43+1,44+1,47+1. The van der Waals surface area contributed by atoms with Gasteiger partial charge in [0.2, 0.25) is 47.3 Å². The fraction of sp³-hybridized carbons (Fsp3) is 0.628. The van der Waals surface area contributed by atoms with Gasteiger partial charge in [-0.3, -0.25) is 43.2 Å². The number of nitrogens with one attached hydrogen (secondary N) is 7. The summed E-state index contributed by atoms with van der Waals surface area (Å²) >= 11 is 0. The van der Waals surface area contributed by atoms with Gasteiger partial charge in [-0.15, -0.1) is 0 Å². The van der Waals surface area contributed by atoms with Crippen LogP contribution < -0.4 is 48.7 Å². The molecule has 374 valence electrons. The van der Waals surface area contributed by atoms with Gasteiger partial charge in [0.15, 0.2) is 0 Å². The Morgan fingerprint density at radius 2 is 1.21 bits per heavy atom. The number of likely N-dealkylation sites (tertiary alicyclic amines) is 1. The van der Waals surface area contributed by atoms with E-state index in [9.17, 15) is 68.4 Å². The number of aliphatic carboxylic acids is 2. The first-order chi connectivity index (χ1) is 31.6. The summed E-state index contributed by atoms with van der Waals surface area (Å²) in [7, 11) is 0. The Balaban J connectivity index is 2.26. The lowest BCUT2D eigenvalue weighted by Crippen LogP contribution is -2.62. The minimum Gasteiger partial charge on any atom is -0.481 e. The van der Waals surface area contributed by atoms with Crippen molar-refractivity contribution in [3.05, 3.63) is 35.9 Å². The lowest BCUT2D eigenvalue weighted by molar-refractivity contribution is -0.147. The molecule has 1 aliphatic heterocycles. The Bertz CT molecular complexity index is 1890. The molecule has 1 aliphatic rings. The number of aliphatic hydroxyl groups excluding tert-OH is 2. The zero-order chi connectivity index (χ0) is 50.5. The van der Waals surface area contributed by atoms with Gasteiger partial charge in [-0.1, -0.05) is 58.0 Å². The summed E-state index contributed by atoms with van der Waals surface area (Å²) in [5.41, 5.74) is 11.6. The van der Waals surface area contributed by atoms with Crippen molar-refractivity contribution in [2.24, 2.45) is 23.3 Å². The summed E-state index contributed by atoms with van der Waals surface area (Å²) in [4.78, 5) is 132. The smallest absolute Gasteiger partial charge is 0.326 e. The van der Waals surface area contributed by atoms with E-state index in [1.807, 2.05) is 0 Å². The van der Waals surface area contributed by atoms with Crippen LogP contribution in [0.2, 0.25) is 0 Å². The number of unbranched alkanes of at least 4 members (excludes halogenated alkanes) is 1. The van der Waals surface area contributed by atoms with Crippen LogP contribution in [0.3, 0.4) is 0 Å². The van der Waals surface area contributed by atoms with Crippen LogP contribution in [-0.4, -0.2) is 165 Å². The molecule has 0 radical (unpaired) electrons. The molecule has 1 heterocycles. The maximum atomic E-state index is 14.0. The molecule has 1 aromatic carbocycles. The SMILES string of the molecule is CC(C)[C@H](NC(=O)[C@H](Cc1ccccc1)NC(=O)[C@@H](NC(=O)[C@H](CO)NC(=O)[C@@H](N)CO)C(C)C)C(=O)N[C@@H](C)C(=O)N[C@@H](CC(=O)O)C(=O)N1CCC[C@H]1C(=O)[15NH][13C@@H]([13CH2][13CH2][13CH2][13CH2][15NH2])[13C](=O)O. The van der Waals surface area contributed by atoms with Crippen molar-refractivity contribution >= 4 is 59.2 Å². The molecule has 24 heteroatoms. The lowest BCUT2D eigenvalue weighted by atomic mass is 9.99. The molecule has 24 nitrogen and oxygen atoms in total. The van der Waals surface area contributed by atoms with Crippen molar-refractivity contribution in [2.45, 2.75) is 134 Å². The second-order valence-corrected chi connectivity index (χ2v) is 17.0. The van der Waals surface area contributed by atoms with Gasteiger partial charge >= 0.3 is 11.9 Å². The number of hydrogen-bond acceptors (Lipinski definition) is 14.